The summed E-state index contributed by atoms with van der Waals surface area (Å²) in [5.41, 5.74) is 0.768. The molecule has 0 aliphatic rings. The van der Waals surface area contributed by atoms with Crippen LogP contribution in [-0.2, 0) is 16.1 Å². The molecule has 1 aromatic carbocycles. The SMILES string of the molecule is CNC(=O)CNC(=O)C[NH+](C)Cc1ccc(OC)c(F)c1. The Kier molecular flexibility index (Phi) is 6.61. The molecule has 21 heavy (non-hydrogen) atoms. The van der Waals surface area contributed by atoms with Gasteiger partial charge < -0.3 is 20.3 Å². The van der Waals surface area contributed by atoms with E-state index < -0.39 is 5.82 Å². The fourth-order valence-electron chi connectivity index (χ4n) is 1.83. The molecule has 2 amide bonds. The van der Waals surface area contributed by atoms with Gasteiger partial charge in [-0.15, -0.1) is 0 Å². The second kappa shape index (κ2) is 8.21. The van der Waals surface area contributed by atoms with Gasteiger partial charge in [0.25, 0.3) is 5.91 Å². The maximum atomic E-state index is 13.6. The maximum Gasteiger partial charge on any atom is 0.275 e. The van der Waals surface area contributed by atoms with Gasteiger partial charge in [0.2, 0.25) is 5.91 Å². The van der Waals surface area contributed by atoms with Gasteiger partial charge in [0.15, 0.2) is 18.1 Å². The average Bonchev–Trinajstić information content (AvgIpc) is 2.44. The van der Waals surface area contributed by atoms with E-state index in [2.05, 4.69) is 10.6 Å². The molecule has 1 rings (SSSR count). The van der Waals surface area contributed by atoms with Crippen LogP contribution >= 0.6 is 0 Å². The van der Waals surface area contributed by atoms with E-state index in [9.17, 15) is 14.0 Å². The summed E-state index contributed by atoms with van der Waals surface area (Å²) in [5.74, 6) is -0.713. The maximum absolute atomic E-state index is 13.6. The zero-order valence-corrected chi connectivity index (χ0v) is 12.5. The van der Waals surface area contributed by atoms with Crippen LogP contribution in [0.2, 0.25) is 0 Å². The normalized spacial score (nSPS) is 11.6. The van der Waals surface area contributed by atoms with Crippen molar-refractivity contribution in [3.05, 3.63) is 29.6 Å². The molecule has 0 radical (unpaired) electrons. The van der Waals surface area contributed by atoms with Crippen LogP contribution in [0.4, 0.5) is 4.39 Å². The van der Waals surface area contributed by atoms with E-state index in [1.165, 1.54) is 20.2 Å². The molecule has 0 aliphatic carbocycles. The summed E-state index contributed by atoms with van der Waals surface area (Å²) >= 11 is 0. The third-order valence-electron chi connectivity index (χ3n) is 2.91. The molecule has 0 heterocycles. The second-order valence-electron chi connectivity index (χ2n) is 4.73. The Morgan fingerprint density at radius 2 is 2.05 bits per heavy atom. The van der Waals surface area contributed by atoms with Crippen molar-refractivity contribution in [1.82, 2.24) is 10.6 Å². The highest BCUT2D eigenvalue weighted by Crippen LogP contribution is 2.16. The molecule has 0 saturated heterocycles. The number of quaternary nitrogens is 1. The lowest BCUT2D eigenvalue weighted by Gasteiger charge is -2.14. The molecule has 1 aromatic rings. The van der Waals surface area contributed by atoms with Crippen molar-refractivity contribution in [3.63, 3.8) is 0 Å². The van der Waals surface area contributed by atoms with Crippen molar-refractivity contribution < 1.29 is 23.6 Å². The van der Waals surface area contributed by atoms with Crippen LogP contribution in [0.1, 0.15) is 5.56 Å². The van der Waals surface area contributed by atoms with Crippen LogP contribution in [0.15, 0.2) is 18.2 Å². The molecule has 3 N–H and O–H groups in total. The van der Waals surface area contributed by atoms with Gasteiger partial charge in [-0.05, 0) is 18.2 Å². The third-order valence-corrected chi connectivity index (χ3v) is 2.91. The van der Waals surface area contributed by atoms with Crippen molar-refractivity contribution in [3.8, 4) is 5.75 Å². The molecule has 0 spiro atoms. The van der Waals surface area contributed by atoms with Crippen LogP contribution in [0.5, 0.6) is 5.75 Å². The summed E-state index contributed by atoms with van der Waals surface area (Å²) in [4.78, 5) is 23.5. The van der Waals surface area contributed by atoms with Gasteiger partial charge >= 0.3 is 0 Å². The first-order valence-corrected chi connectivity index (χ1v) is 6.57. The van der Waals surface area contributed by atoms with Gasteiger partial charge in [-0.2, -0.15) is 0 Å². The highest BCUT2D eigenvalue weighted by Gasteiger charge is 2.12. The molecule has 1 atom stereocenters. The smallest absolute Gasteiger partial charge is 0.275 e. The predicted molar refractivity (Wildman–Crippen MR) is 75.5 cm³/mol. The molecule has 0 fully saturated rings. The topological polar surface area (TPSA) is 71.9 Å². The van der Waals surface area contributed by atoms with Gasteiger partial charge in [0.05, 0.1) is 20.7 Å². The Bertz CT molecular complexity index is 508. The van der Waals surface area contributed by atoms with Crippen molar-refractivity contribution in [2.45, 2.75) is 6.54 Å². The fourth-order valence-corrected chi connectivity index (χ4v) is 1.83. The Balaban J connectivity index is 2.46. The summed E-state index contributed by atoms with van der Waals surface area (Å²) in [5, 5.41) is 4.93. The number of carbonyl (C=O) groups excluding carboxylic acids is 2. The highest BCUT2D eigenvalue weighted by atomic mass is 19.1. The number of rotatable bonds is 7. The summed E-state index contributed by atoms with van der Waals surface area (Å²) in [6.07, 6.45) is 0. The second-order valence-corrected chi connectivity index (χ2v) is 4.73. The zero-order valence-electron chi connectivity index (χ0n) is 12.5. The standard InChI is InChI=1S/C14H20FN3O3/c1-16-13(19)7-17-14(20)9-18(2)8-10-4-5-12(21-3)11(15)6-10/h4-6H,7-9H2,1-3H3,(H,16,19)(H,17,20)/p+1. The first-order chi connectivity index (χ1) is 9.96. The van der Waals surface area contributed by atoms with E-state index in [1.807, 2.05) is 7.05 Å². The first kappa shape index (κ1) is 16.9. The minimum Gasteiger partial charge on any atom is -0.494 e. The van der Waals surface area contributed by atoms with Crippen LogP contribution in [-0.4, -0.2) is 46.1 Å². The van der Waals surface area contributed by atoms with Gasteiger partial charge in [-0.25, -0.2) is 4.39 Å². The number of halogens is 1. The molecular weight excluding hydrogens is 277 g/mol. The lowest BCUT2D eigenvalue weighted by molar-refractivity contribution is -0.885. The number of hydrogen-bond acceptors (Lipinski definition) is 3. The molecule has 7 heteroatoms. The molecular formula is C14H21FN3O3+. The molecule has 0 aromatic heterocycles. The van der Waals surface area contributed by atoms with E-state index >= 15 is 0 Å². The molecule has 0 bridgehead atoms. The highest BCUT2D eigenvalue weighted by molar-refractivity contribution is 5.84. The largest absolute Gasteiger partial charge is 0.494 e. The summed E-state index contributed by atoms with van der Waals surface area (Å²) in [7, 11) is 4.73. The van der Waals surface area contributed by atoms with Gasteiger partial charge in [-0.3, -0.25) is 9.59 Å². The lowest BCUT2D eigenvalue weighted by atomic mass is 10.2. The summed E-state index contributed by atoms with van der Waals surface area (Å²) < 4.78 is 18.4. The lowest BCUT2D eigenvalue weighted by Crippen LogP contribution is -3.08. The molecule has 0 saturated carbocycles. The number of benzene rings is 1. The van der Waals surface area contributed by atoms with E-state index in [1.54, 1.807) is 12.1 Å². The molecule has 0 aliphatic heterocycles. The van der Waals surface area contributed by atoms with E-state index in [4.69, 9.17) is 4.74 Å². The Morgan fingerprint density at radius 1 is 1.33 bits per heavy atom. The molecule has 116 valence electrons. The minimum absolute atomic E-state index is 0.0419. The zero-order chi connectivity index (χ0) is 15.8. The Morgan fingerprint density at radius 3 is 2.62 bits per heavy atom. The van der Waals surface area contributed by atoms with Crippen molar-refractivity contribution in [2.75, 3.05) is 34.3 Å². The first-order valence-electron chi connectivity index (χ1n) is 6.57. The van der Waals surface area contributed by atoms with Crippen LogP contribution < -0.4 is 20.3 Å². The Labute approximate surface area is 123 Å². The monoisotopic (exact) mass is 298 g/mol. The van der Waals surface area contributed by atoms with E-state index in [0.717, 1.165) is 10.5 Å². The molecule has 6 nitrogen and oxygen atoms in total. The van der Waals surface area contributed by atoms with Crippen LogP contribution in [0.3, 0.4) is 0 Å². The average molecular weight is 298 g/mol. The number of carbonyl (C=O) groups is 2. The van der Waals surface area contributed by atoms with Crippen molar-refractivity contribution >= 4 is 11.8 Å². The number of nitrogens with one attached hydrogen (secondary N) is 3. The van der Waals surface area contributed by atoms with Gasteiger partial charge in [0, 0.05) is 12.6 Å². The quantitative estimate of drug-likeness (QED) is 0.587. The molecule has 1 unspecified atom stereocenters. The van der Waals surface area contributed by atoms with Crippen LogP contribution in [0.25, 0.3) is 0 Å². The predicted octanol–water partition coefficient (Wildman–Crippen LogP) is -1.29. The van der Waals surface area contributed by atoms with E-state index in [0.29, 0.717) is 6.54 Å². The summed E-state index contributed by atoms with van der Waals surface area (Å²) in [6, 6.07) is 4.71. The third kappa shape index (κ3) is 5.78. The Hall–Kier alpha value is -2.15. The number of ether oxygens (including phenoxy) is 1. The number of methoxy groups -OCH3 is 1. The number of hydrogen-bond donors (Lipinski definition) is 3. The van der Waals surface area contributed by atoms with Crippen molar-refractivity contribution in [2.24, 2.45) is 0 Å². The number of amides is 2. The van der Waals surface area contributed by atoms with Crippen LogP contribution in [0, 0.1) is 5.82 Å². The number of likely N-dealkylation sites (N-methyl/N-ethyl adjacent to an activating group) is 2. The van der Waals surface area contributed by atoms with Crippen molar-refractivity contribution in [1.29, 1.82) is 0 Å². The van der Waals surface area contributed by atoms with Gasteiger partial charge in [-0.1, -0.05) is 0 Å². The minimum atomic E-state index is -0.424. The van der Waals surface area contributed by atoms with E-state index in [-0.39, 0.29) is 30.7 Å². The summed E-state index contributed by atoms with van der Waals surface area (Å²) in [6.45, 7) is 0.652. The van der Waals surface area contributed by atoms with Gasteiger partial charge in [0.1, 0.15) is 6.54 Å². The fraction of sp³-hybridized carbons (Fsp3) is 0.429.